The van der Waals surface area contributed by atoms with Crippen molar-refractivity contribution in [3.63, 3.8) is 0 Å². The Morgan fingerprint density at radius 2 is 1.67 bits per heavy atom. The van der Waals surface area contributed by atoms with Gasteiger partial charge in [0, 0.05) is 11.6 Å². The van der Waals surface area contributed by atoms with E-state index in [1.165, 1.54) is 28.8 Å². The van der Waals surface area contributed by atoms with Gasteiger partial charge in [0.1, 0.15) is 17.5 Å². The lowest BCUT2D eigenvalue weighted by Gasteiger charge is -2.12. The van der Waals surface area contributed by atoms with E-state index in [0.717, 1.165) is 10.8 Å². The second kappa shape index (κ2) is 6.88. The minimum Gasteiger partial charge on any atom is -0.268 e. The quantitative estimate of drug-likeness (QED) is 0.358. The van der Waals surface area contributed by atoms with Crippen molar-refractivity contribution >= 4 is 27.7 Å². The molecule has 5 aromatic rings. The molecule has 146 valence electrons. The van der Waals surface area contributed by atoms with E-state index >= 15 is 0 Å². The summed E-state index contributed by atoms with van der Waals surface area (Å²) >= 11 is 0. The molecule has 0 aliphatic heterocycles. The Balaban J connectivity index is 1.87. The third-order valence-electron chi connectivity index (χ3n) is 5.29. The summed E-state index contributed by atoms with van der Waals surface area (Å²) in [5, 5.41) is 1.88. The van der Waals surface area contributed by atoms with E-state index in [2.05, 4.69) is 4.98 Å². The van der Waals surface area contributed by atoms with Gasteiger partial charge in [-0.2, -0.15) is 0 Å². The molecule has 30 heavy (non-hydrogen) atoms. The van der Waals surface area contributed by atoms with E-state index < -0.39 is 17.5 Å². The number of halogens is 2. The molecule has 0 saturated heterocycles. The number of aromatic nitrogens is 2. The fourth-order valence-corrected chi connectivity index (χ4v) is 3.87. The van der Waals surface area contributed by atoms with Crippen LogP contribution in [0.5, 0.6) is 0 Å². The molecule has 0 spiro atoms. The number of hydrogen-bond donors (Lipinski definition) is 0. The lowest BCUT2D eigenvalue weighted by molar-refractivity contribution is 0.0961. The maximum atomic E-state index is 14.6. The Hall–Kier alpha value is -3.86. The molecule has 0 aliphatic rings. The normalized spacial score (nSPS) is 11.3. The topological polar surface area (TPSA) is 34.9 Å². The Labute approximate surface area is 171 Å². The number of carbonyl (C=O) groups excluding carboxylic acids is 1. The summed E-state index contributed by atoms with van der Waals surface area (Å²) in [4.78, 5) is 18.2. The summed E-state index contributed by atoms with van der Waals surface area (Å²) in [6.07, 6.45) is 0. The van der Waals surface area contributed by atoms with E-state index in [-0.39, 0.29) is 5.56 Å². The lowest BCUT2D eigenvalue weighted by Crippen LogP contribution is -2.16. The van der Waals surface area contributed by atoms with Gasteiger partial charge >= 0.3 is 0 Å². The van der Waals surface area contributed by atoms with E-state index in [4.69, 9.17) is 0 Å². The number of fused-ring (bicyclic) bond motifs is 2. The van der Waals surface area contributed by atoms with Crippen LogP contribution in [-0.2, 0) is 0 Å². The van der Waals surface area contributed by atoms with Gasteiger partial charge in [-0.25, -0.2) is 13.8 Å². The zero-order valence-electron chi connectivity index (χ0n) is 16.1. The zero-order chi connectivity index (χ0) is 20.8. The predicted octanol–water partition coefficient (Wildman–Crippen LogP) is 6.13. The summed E-state index contributed by atoms with van der Waals surface area (Å²) in [6.45, 7) is 1.67. The van der Waals surface area contributed by atoms with Gasteiger partial charge in [0.2, 0.25) is 0 Å². The van der Waals surface area contributed by atoms with Crippen LogP contribution in [0.25, 0.3) is 33.2 Å². The minimum atomic E-state index is -0.623. The monoisotopic (exact) mass is 398 g/mol. The number of imidazole rings is 1. The maximum Gasteiger partial charge on any atom is 0.267 e. The third kappa shape index (κ3) is 2.78. The van der Waals surface area contributed by atoms with Gasteiger partial charge in [0.25, 0.3) is 5.91 Å². The number of carbonyl (C=O) groups is 1. The van der Waals surface area contributed by atoms with Crippen LogP contribution in [0.3, 0.4) is 0 Å². The molecule has 1 heterocycles. The second-order valence-electron chi connectivity index (χ2n) is 7.17. The van der Waals surface area contributed by atoms with Crippen LogP contribution < -0.4 is 0 Å². The Kier molecular flexibility index (Phi) is 4.17. The Bertz CT molecular complexity index is 1430. The lowest BCUT2D eigenvalue weighted by atomic mass is 10.0. The summed E-state index contributed by atoms with van der Waals surface area (Å²) in [7, 11) is 0. The van der Waals surface area contributed by atoms with Crippen molar-refractivity contribution in [1.29, 1.82) is 0 Å². The SMILES string of the molecule is Cc1cccc(F)c1C(=O)n1c(-c2cccc3ccccc23)nc2ccc(F)cc21. The van der Waals surface area contributed by atoms with Gasteiger partial charge in [-0.1, -0.05) is 54.6 Å². The van der Waals surface area contributed by atoms with Crippen LogP contribution in [0.1, 0.15) is 15.9 Å². The number of aryl methyl sites for hydroxylation is 1. The predicted molar refractivity (Wildman–Crippen MR) is 113 cm³/mol. The molecule has 3 nitrogen and oxygen atoms in total. The zero-order valence-corrected chi connectivity index (χ0v) is 16.1. The first kappa shape index (κ1) is 18.2. The molecule has 4 aromatic carbocycles. The highest BCUT2D eigenvalue weighted by atomic mass is 19.1. The van der Waals surface area contributed by atoms with Crippen molar-refractivity contribution in [1.82, 2.24) is 9.55 Å². The Morgan fingerprint density at radius 3 is 2.50 bits per heavy atom. The number of benzene rings is 4. The van der Waals surface area contributed by atoms with Crippen LogP contribution in [0, 0.1) is 18.6 Å². The molecule has 0 radical (unpaired) electrons. The van der Waals surface area contributed by atoms with Gasteiger partial charge in [-0.15, -0.1) is 0 Å². The van der Waals surface area contributed by atoms with Crippen molar-refractivity contribution in [3.8, 4) is 11.4 Å². The molecule has 0 saturated carbocycles. The maximum absolute atomic E-state index is 14.6. The van der Waals surface area contributed by atoms with Crippen LogP contribution in [0.15, 0.2) is 78.9 Å². The van der Waals surface area contributed by atoms with Gasteiger partial charge in [0.05, 0.1) is 16.6 Å². The molecule has 0 unspecified atom stereocenters. The largest absolute Gasteiger partial charge is 0.268 e. The molecular weight excluding hydrogens is 382 g/mol. The van der Waals surface area contributed by atoms with E-state index in [1.54, 1.807) is 19.1 Å². The summed E-state index contributed by atoms with van der Waals surface area (Å²) in [6, 6.07) is 22.0. The third-order valence-corrected chi connectivity index (χ3v) is 5.29. The number of rotatable bonds is 2. The summed E-state index contributed by atoms with van der Waals surface area (Å²) in [5.41, 5.74) is 1.92. The van der Waals surface area contributed by atoms with Gasteiger partial charge < -0.3 is 0 Å². The van der Waals surface area contributed by atoms with Crippen molar-refractivity contribution in [2.24, 2.45) is 0 Å². The molecule has 0 aliphatic carbocycles. The smallest absolute Gasteiger partial charge is 0.267 e. The second-order valence-corrected chi connectivity index (χ2v) is 7.17. The minimum absolute atomic E-state index is 0.0532. The highest BCUT2D eigenvalue weighted by Gasteiger charge is 2.24. The molecule has 5 rings (SSSR count). The average Bonchev–Trinajstić information content (AvgIpc) is 3.11. The molecule has 0 N–H and O–H groups in total. The summed E-state index contributed by atoms with van der Waals surface area (Å²) in [5.74, 6) is -1.35. The standard InChI is InChI=1S/C25H16F2N2O/c1-15-6-4-11-20(27)23(15)25(30)29-22-14-17(26)12-13-21(22)28-24(29)19-10-5-8-16-7-2-3-9-18(16)19/h2-14H,1H3. The van der Waals surface area contributed by atoms with Gasteiger partial charge in [-0.3, -0.25) is 9.36 Å². The first-order chi connectivity index (χ1) is 14.5. The molecule has 0 atom stereocenters. The first-order valence-electron chi connectivity index (χ1n) is 9.50. The fraction of sp³-hybridized carbons (Fsp3) is 0.0400. The average molecular weight is 398 g/mol. The van der Waals surface area contributed by atoms with E-state index in [9.17, 15) is 13.6 Å². The van der Waals surface area contributed by atoms with Crippen LogP contribution >= 0.6 is 0 Å². The van der Waals surface area contributed by atoms with Crippen molar-refractivity contribution in [3.05, 3.63) is 102 Å². The van der Waals surface area contributed by atoms with Gasteiger partial charge in [0.15, 0.2) is 0 Å². The summed E-state index contributed by atoms with van der Waals surface area (Å²) < 4.78 is 30.0. The Morgan fingerprint density at radius 1 is 0.900 bits per heavy atom. The van der Waals surface area contributed by atoms with E-state index in [0.29, 0.717) is 28.0 Å². The molecule has 1 aromatic heterocycles. The first-order valence-corrected chi connectivity index (χ1v) is 9.50. The fourth-order valence-electron chi connectivity index (χ4n) is 3.87. The molecule has 0 bridgehead atoms. The molecule has 0 fully saturated rings. The van der Waals surface area contributed by atoms with Crippen molar-refractivity contribution in [2.45, 2.75) is 6.92 Å². The highest BCUT2D eigenvalue weighted by molar-refractivity contribution is 6.07. The van der Waals surface area contributed by atoms with Crippen LogP contribution in [0.2, 0.25) is 0 Å². The number of nitrogens with zero attached hydrogens (tertiary/aromatic N) is 2. The molecule has 5 heteroatoms. The van der Waals surface area contributed by atoms with Crippen molar-refractivity contribution < 1.29 is 13.6 Å². The van der Waals surface area contributed by atoms with E-state index in [1.807, 2.05) is 42.5 Å². The number of hydrogen-bond acceptors (Lipinski definition) is 2. The highest BCUT2D eigenvalue weighted by Crippen LogP contribution is 2.32. The molecular formula is C25H16F2N2O. The van der Waals surface area contributed by atoms with Gasteiger partial charge in [-0.05, 0) is 41.5 Å². The van der Waals surface area contributed by atoms with Crippen LogP contribution in [-0.4, -0.2) is 15.5 Å². The molecule has 0 amide bonds. The van der Waals surface area contributed by atoms with Crippen LogP contribution in [0.4, 0.5) is 8.78 Å². The van der Waals surface area contributed by atoms with Crippen molar-refractivity contribution in [2.75, 3.05) is 0 Å².